The molecule has 0 saturated carbocycles. The highest BCUT2D eigenvalue weighted by Gasteiger charge is 2.18. The van der Waals surface area contributed by atoms with Crippen LogP contribution in [0.25, 0.3) is 22.0 Å². The largest absolute Gasteiger partial charge is 0.481 e. The highest BCUT2D eigenvalue weighted by Crippen LogP contribution is 2.32. The second-order valence-electron chi connectivity index (χ2n) is 6.68. The molecule has 0 aliphatic carbocycles. The molecule has 4 heteroatoms. The van der Waals surface area contributed by atoms with Crippen LogP contribution in [0.5, 0.6) is 5.88 Å². The number of para-hydroxylation sites is 1. The van der Waals surface area contributed by atoms with Crippen LogP contribution in [0.15, 0.2) is 54.6 Å². The van der Waals surface area contributed by atoms with Crippen molar-refractivity contribution in [2.24, 2.45) is 0 Å². The van der Waals surface area contributed by atoms with Gasteiger partial charge in [-0.3, -0.25) is 4.90 Å². The van der Waals surface area contributed by atoms with E-state index in [0.29, 0.717) is 11.9 Å². The van der Waals surface area contributed by atoms with Crippen LogP contribution < -0.4 is 4.74 Å². The first-order valence-corrected chi connectivity index (χ1v) is 9.12. The number of benzene rings is 2. The molecule has 2 heterocycles. The number of fused-ring (bicyclic) bond motifs is 1. The maximum absolute atomic E-state index is 5.55. The number of aromatic nitrogens is 1. The Kier molecular flexibility index (Phi) is 4.87. The Balaban J connectivity index is 1.65. The van der Waals surface area contributed by atoms with Gasteiger partial charge in [-0.05, 0) is 30.2 Å². The van der Waals surface area contributed by atoms with Crippen LogP contribution in [0, 0.1) is 0 Å². The lowest BCUT2D eigenvalue weighted by Gasteiger charge is -2.32. The molecule has 1 atom stereocenters. The van der Waals surface area contributed by atoms with E-state index >= 15 is 0 Å². The number of ether oxygens (including phenoxy) is 2. The lowest BCUT2D eigenvalue weighted by molar-refractivity contribution is 0.0198. The van der Waals surface area contributed by atoms with Gasteiger partial charge < -0.3 is 9.47 Å². The molecule has 4 nitrogen and oxygen atoms in total. The molecule has 0 radical (unpaired) electrons. The van der Waals surface area contributed by atoms with E-state index in [0.717, 1.165) is 48.3 Å². The molecule has 134 valence electrons. The first kappa shape index (κ1) is 17.0. The molecular weight excluding hydrogens is 324 g/mol. The molecule has 1 aliphatic rings. The molecule has 3 aromatic rings. The molecule has 0 bridgehead atoms. The molecule has 2 aromatic carbocycles. The minimum atomic E-state index is 0.393. The lowest BCUT2D eigenvalue weighted by Crippen LogP contribution is -2.37. The summed E-state index contributed by atoms with van der Waals surface area (Å²) in [6.07, 6.45) is 0. The fraction of sp³-hybridized carbons (Fsp3) is 0.318. The number of morpholine rings is 1. The minimum absolute atomic E-state index is 0.393. The summed E-state index contributed by atoms with van der Waals surface area (Å²) < 4.78 is 11.0. The summed E-state index contributed by atoms with van der Waals surface area (Å²) >= 11 is 0. The van der Waals surface area contributed by atoms with E-state index in [1.165, 1.54) is 5.56 Å². The van der Waals surface area contributed by atoms with Gasteiger partial charge in [-0.1, -0.05) is 42.5 Å². The zero-order valence-electron chi connectivity index (χ0n) is 15.3. The van der Waals surface area contributed by atoms with Crippen LogP contribution in [0.1, 0.15) is 18.5 Å². The van der Waals surface area contributed by atoms with Gasteiger partial charge in [0.25, 0.3) is 0 Å². The van der Waals surface area contributed by atoms with Gasteiger partial charge in [0.2, 0.25) is 5.88 Å². The quantitative estimate of drug-likeness (QED) is 0.704. The van der Waals surface area contributed by atoms with Crippen LogP contribution in [0.2, 0.25) is 0 Å². The third-order valence-electron chi connectivity index (χ3n) is 5.18. The zero-order valence-corrected chi connectivity index (χ0v) is 15.3. The normalized spacial score (nSPS) is 16.5. The van der Waals surface area contributed by atoms with E-state index in [1.54, 1.807) is 7.11 Å². The molecule has 0 amide bonds. The topological polar surface area (TPSA) is 34.6 Å². The summed E-state index contributed by atoms with van der Waals surface area (Å²) in [5, 5.41) is 1.12. The monoisotopic (exact) mass is 348 g/mol. The van der Waals surface area contributed by atoms with Crippen LogP contribution in [0.3, 0.4) is 0 Å². The van der Waals surface area contributed by atoms with E-state index in [2.05, 4.69) is 53.2 Å². The van der Waals surface area contributed by atoms with Crippen molar-refractivity contribution < 1.29 is 9.47 Å². The van der Waals surface area contributed by atoms with Crippen molar-refractivity contribution in [1.29, 1.82) is 0 Å². The summed E-state index contributed by atoms with van der Waals surface area (Å²) in [5.41, 5.74) is 4.42. The van der Waals surface area contributed by atoms with E-state index in [4.69, 9.17) is 9.47 Å². The minimum Gasteiger partial charge on any atom is -0.481 e. The SMILES string of the molecule is COc1nc2ccccc2cc1-c1ccc([C@H](C)N2CCOCC2)cc1. The molecule has 0 spiro atoms. The van der Waals surface area contributed by atoms with Gasteiger partial charge >= 0.3 is 0 Å². The second kappa shape index (κ2) is 7.44. The Morgan fingerprint density at radius 2 is 1.77 bits per heavy atom. The Hall–Kier alpha value is -2.43. The maximum Gasteiger partial charge on any atom is 0.221 e. The third kappa shape index (κ3) is 3.30. The van der Waals surface area contributed by atoms with E-state index in [9.17, 15) is 0 Å². The van der Waals surface area contributed by atoms with Gasteiger partial charge in [0.15, 0.2) is 0 Å². The lowest BCUT2D eigenvalue weighted by atomic mass is 10.00. The van der Waals surface area contributed by atoms with Crippen LogP contribution in [-0.4, -0.2) is 43.3 Å². The number of hydrogen-bond acceptors (Lipinski definition) is 4. The first-order valence-electron chi connectivity index (χ1n) is 9.12. The smallest absolute Gasteiger partial charge is 0.221 e. The summed E-state index contributed by atoms with van der Waals surface area (Å²) in [6, 6.07) is 19.4. The van der Waals surface area contributed by atoms with Crippen molar-refractivity contribution in [1.82, 2.24) is 9.88 Å². The van der Waals surface area contributed by atoms with Crippen LogP contribution in [0.4, 0.5) is 0 Å². The van der Waals surface area contributed by atoms with Crippen molar-refractivity contribution in [2.75, 3.05) is 33.4 Å². The standard InChI is InChI=1S/C22H24N2O2/c1-16(24-11-13-26-14-12-24)17-7-9-18(10-8-17)20-15-19-5-3-4-6-21(19)23-22(20)25-2/h3-10,15-16H,11-14H2,1-2H3/t16-/m0/s1. The fourth-order valence-corrected chi connectivity index (χ4v) is 3.58. The third-order valence-corrected chi connectivity index (χ3v) is 5.18. The Bertz CT molecular complexity index is 886. The number of hydrogen-bond donors (Lipinski definition) is 0. The summed E-state index contributed by atoms with van der Waals surface area (Å²) in [7, 11) is 1.68. The molecule has 1 aliphatic heterocycles. The maximum atomic E-state index is 5.55. The molecule has 0 N–H and O–H groups in total. The second-order valence-corrected chi connectivity index (χ2v) is 6.68. The molecule has 0 unspecified atom stereocenters. The Morgan fingerprint density at radius 3 is 2.50 bits per heavy atom. The van der Waals surface area contributed by atoms with Crippen molar-refractivity contribution >= 4 is 10.9 Å². The Labute approximate surface area is 154 Å². The molecule has 1 saturated heterocycles. The van der Waals surface area contributed by atoms with Gasteiger partial charge in [0.05, 0.1) is 25.8 Å². The van der Waals surface area contributed by atoms with E-state index in [-0.39, 0.29) is 0 Å². The van der Waals surface area contributed by atoms with Crippen LogP contribution >= 0.6 is 0 Å². The van der Waals surface area contributed by atoms with Crippen molar-refractivity contribution in [3.05, 3.63) is 60.2 Å². The van der Waals surface area contributed by atoms with Gasteiger partial charge in [0.1, 0.15) is 0 Å². The van der Waals surface area contributed by atoms with Gasteiger partial charge in [-0.25, -0.2) is 4.98 Å². The number of nitrogens with zero attached hydrogens (tertiary/aromatic N) is 2. The molecular formula is C22H24N2O2. The van der Waals surface area contributed by atoms with Crippen molar-refractivity contribution in [3.63, 3.8) is 0 Å². The summed E-state index contributed by atoms with van der Waals surface area (Å²) in [5.74, 6) is 0.665. The van der Waals surface area contributed by atoms with Gasteiger partial charge in [0, 0.05) is 30.1 Å². The average Bonchev–Trinajstić information content (AvgIpc) is 2.73. The molecule has 4 rings (SSSR count). The molecule has 26 heavy (non-hydrogen) atoms. The highest BCUT2D eigenvalue weighted by molar-refractivity contribution is 5.86. The average molecular weight is 348 g/mol. The predicted molar refractivity (Wildman–Crippen MR) is 105 cm³/mol. The van der Waals surface area contributed by atoms with Gasteiger partial charge in [-0.15, -0.1) is 0 Å². The van der Waals surface area contributed by atoms with Crippen molar-refractivity contribution in [2.45, 2.75) is 13.0 Å². The predicted octanol–water partition coefficient (Wildman–Crippen LogP) is 4.30. The highest BCUT2D eigenvalue weighted by atomic mass is 16.5. The molecule has 1 fully saturated rings. The zero-order chi connectivity index (χ0) is 17.9. The molecule has 1 aromatic heterocycles. The van der Waals surface area contributed by atoms with E-state index < -0.39 is 0 Å². The number of methoxy groups -OCH3 is 1. The summed E-state index contributed by atoms with van der Waals surface area (Å²) in [4.78, 5) is 7.13. The van der Waals surface area contributed by atoms with Gasteiger partial charge in [-0.2, -0.15) is 0 Å². The van der Waals surface area contributed by atoms with Crippen molar-refractivity contribution in [3.8, 4) is 17.0 Å². The van der Waals surface area contributed by atoms with Crippen LogP contribution in [-0.2, 0) is 4.74 Å². The first-order chi connectivity index (χ1) is 12.8. The summed E-state index contributed by atoms with van der Waals surface area (Å²) in [6.45, 7) is 5.89. The number of rotatable bonds is 4. The van der Waals surface area contributed by atoms with E-state index in [1.807, 2.05) is 18.2 Å². The Morgan fingerprint density at radius 1 is 1.04 bits per heavy atom. The number of pyridine rings is 1. The fourth-order valence-electron chi connectivity index (χ4n) is 3.58.